The first-order chi connectivity index (χ1) is 15.0. The molecule has 32 heavy (non-hydrogen) atoms. The summed E-state index contributed by atoms with van der Waals surface area (Å²) in [6, 6.07) is 11.6. The molecule has 4 rings (SSSR count). The molecule has 2 heterocycles. The Kier molecular flexibility index (Phi) is 5.76. The zero-order chi connectivity index (χ0) is 23.2. The van der Waals surface area contributed by atoms with E-state index in [-0.39, 0.29) is 17.2 Å². The Balaban J connectivity index is 1.62. The van der Waals surface area contributed by atoms with Crippen LogP contribution in [0.2, 0.25) is 0 Å². The maximum Gasteiger partial charge on any atom is 0.256 e. The third-order valence-corrected chi connectivity index (χ3v) is 6.32. The molecule has 1 fully saturated rings. The van der Waals surface area contributed by atoms with Crippen LogP contribution in [0.25, 0.3) is 11.1 Å². The van der Waals surface area contributed by atoms with E-state index in [1.165, 1.54) is 5.56 Å². The second-order valence-electron chi connectivity index (χ2n) is 10.3. The lowest BCUT2D eigenvalue weighted by Crippen LogP contribution is -2.61. The number of nitrogens with zero attached hydrogens (tertiary/aromatic N) is 2. The summed E-state index contributed by atoms with van der Waals surface area (Å²) in [5, 5.41) is 14.0. The van der Waals surface area contributed by atoms with Crippen LogP contribution in [0, 0.1) is 19.3 Å². The maximum absolute atomic E-state index is 13.5. The fourth-order valence-electron chi connectivity index (χ4n) is 4.69. The first kappa shape index (κ1) is 22.3. The number of hydrogen-bond acceptors (Lipinski definition) is 4. The lowest BCUT2D eigenvalue weighted by atomic mass is 9.91. The molecule has 0 spiro atoms. The molecule has 6 heteroatoms. The second-order valence-corrected chi connectivity index (χ2v) is 10.3. The van der Waals surface area contributed by atoms with Gasteiger partial charge in [0.15, 0.2) is 0 Å². The number of benzene rings is 2. The summed E-state index contributed by atoms with van der Waals surface area (Å²) in [5.41, 5.74) is 5.49. The highest BCUT2D eigenvalue weighted by atomic mass is 16.3. The molecule has 2 unspecified atom stereocenters. The van der Waals surface area contributed by atoms with E-state index in [2.05, 4.69) is 37.4 Å². The molecule has 2 aromatic rings. The van der Waals surface area contributed by atoms with Crippen molar-refractivity contribution in [2.75, 3.05) is 25.0 Å². The zero-order valence-electron chi connectivity index (χ0n) is 19.6. The van der Waals surface area contributed by atoms with E-state index < -0.39 is 12.3 Å². The van der Waals surface area contributed by atoms with Crippen molar-refractivity contribution >= 4 is 17.5 Å². The van der Waals surface area contributed by atoms with Crippen LogP contribution in [0.3, 0.4) is 0 Å². The van der Waals surface area contributed by atoms with Gasteiger partial charge in [0.2, 0.25) is 5.91 Å². The van der Waals surface area contributed by atoms with Crippen LogP contribution in [-0.2, 0) is 4.79 Å². The number of piperazine rings is 1. The molecule has 2 N–H and O–H groups in total. The number of carbonyl (C=O) groups is 2. The number of carbonyl (C=O) groups excluding carboxylic acids is 2. The molecule has 2 amide bonds. The van der Waals surface area contributed by atoms with Crippen LogP contribution in [-0.4, -0.2) is 58.6 Å². The van der Waals surface area contributed by atoms with Gasteiger partial charge in [-0.2, -0.15) is 0 Å². The molecule has 1 saturated heterocycles. The van der Waals surface area contributed by atoms with Crippen LogP contribution in [0.5, 0.6) is 0 Å². The predicted octanol–water partition coefficient (Wildman–Crippen LogP) is 3.80. The summed E-state index contributed by atoms with van der Waals surface area (Å²) < 4.78 is 0. The molecular formula is C26H33N3O3. The smallest absolute Gasteiger partial charge is 0.256 e. The number of aryl methyl sites for hydroxylation is 2. The van der Waals surface area contributed by atoms with Crippen LogP contribution in [0.1, 0.15) is 48.7 Å². The molecule has 2 aliphatic heterocycles. The number of nitrogens with one attached hydrogen (secondary N) is 1. The highest BCUT2D eigenvalue weighted by Crippen LogP contribution is 2.33. The lowest BCUT2D eigenvalue weighted by molar-refractivity contribution is -0.136. The molecule has 0 aliphatic carbocycles. The molecule has 2 atom stereocenters. The highest BCUT2D eigenvalue weighted by molar-refractivity contribution is 6.02. The van der Waals surface area contributed by atoms with Gasteiger partial charge in [0.25, 0.3) is 5.91 Å². The van der Waals surface area contributed by atoms with Gasteiger partial charge >= 0.3 is 0 Å². The van der Waals surface area contributed by atoms with E-state index in [4.69, 9.17) is 0 Å². The first-order valence-electron chi connectivity index (χ1n) is 11.3. The zero-order valence-corrected chi connectivity index (χ0v) is 19.6. The van der Waals surface area contributed by atoms with Crippen LogP contribution >= 0.6 is 0 Å². The maximum atomic E-state index is 13.5. The van der Waals surface area contributed by atoms with E-state index in [1.807, 2.05) is 39.0 Å². The van der Waals surface area contributed by atoms with Crippen molar-refractivity contribution in [1.82, 2.24) is 9.80 Å². The molecular weight excluding hydrogens is 402 g/mol. The average molecular weight is 436 g/mol. The minimum Gasteiger partial charge on any atom is -0.372 e. The predicted molar refractivity (Wildman–Crippen MR) is 126 cm³/mol. The molecule has 2 aromatic carbocycles. The minimum atomic E-state index is -0.947. The number of rotatable bonds is 2. The summed E-state index contributed by atoms with van der Waals surface area (Å²) in [5.74, 6) is -0.0423. The molecule has 0 bridgehead atoms. The van der Waals surface area contributed by atoms with Crippen LogP contribution < -0.4 is 5.32 Å². The van der Waals surface area contributed by atoms with Crippen molar-refractivity contribution in [3.05, 3.63) is 53.1 Å². The Morgan fingerprint density at radius 2 is 1.84 bits per heavy atom. The Morgan fingerprint density at radius 3 is 2.53 bits per heavy atom. The summed E-state index contributed by atoms with van der Waals surface area (Å²) in [6.45, 7) is 11.5. The summed E-state index contributed by atoms with van der Waals surface area (Å²) >= 11 is 0. The Morgan fingerprint density at radius 1 is 1.09 bits per heavy atom. The van der Waals surface area contributed by atoms with Gasteiger partial charge in [-0.1, -0.05) is 50.6 Å². The highest BCUT2D eigenvalue weighted by Gasteiger charge is 2.40. The average Bonchev–Trinajstić information content (AvgIpc) is 2.81. The molecule has 170 valence electrons. The van der Waals surface area contributed by atoms with E-state index in [0.29, 0.717) is 37.3 Å². The standard InChI is InChI=1S/C26H33N3O3/c1-16-6-8-19(17(2)12-16)18-7-9-21-20(13-18)25(32)29-11-10-28(15-22(29)24(31)27-21)23(30)14-26(3,4)5/h6-9,12-13,22,24,27,31H,10-11,14-15H2,1-5H3. The van der Waals surface area contributed by atoms with Gasteiger partial charge in [0.1, 0.15) is 6.23 Å². The Hall–Kier alpha value is -2.86. The van der Waals surface area contributed by atoms with Crippen molar-refractivity contribution in [2.45, 2.75) is 53.3 Å². The third kappa shape index (κ3) is 4.37. The topological polar surface area (TPSA) is 72.9 Å². The number of aliphatic hydroxyl groups is 1. The lowest BCUT2D eigenvalue weighted by Gasteiger charge is -2.42. The van der Waals surface area contributed by atoms with Gasteiger partial charge in [-0.25, -0.2) is 0 Å². The fourth-order valence-corrected chi connectivity index (χ4v) is 4.69. The number of fused-ring (bicyclic) bond motifs is 2. The van der Waals surface area contributed by atoms with E-state index >= 15 is 0 Å². The molecule has 0 aromatic heterocycles. The van der Waals surface area contributed by atoms with E-state index in [9.17, 15) is 14.7 Å². The summed E-state index contributed by atoms with van der Waals surface area (Å²) in [6.07, 6.45) is -0.506. The van der Waals surface area contributed by atoms with Crippen LogP contribution in [0.15, 0.2) is 36.4 Å². The minimum absolute atomic E-state index is 0.0655. The monoisotopic (exact) mass is 435 g/mol. The van der Waals surface area contributed by atoms with Gasteiger partial charge in [0, 0.05) is 31.7 Å². The SMILES string of the molecule is Cc1ccc(-c2ccc3c(c2)C(=O)N2CCN(C(=O)CC(C)(C)C)CC2C(O)N3)c(C)c1. The third-order valence-electron chi connectivity index (χ3n) is 6.32. The normalized spacial score (nSPS) is 20.9. The number of amides is 2. The number of hydrogen-bond donors (Lipinski definition) is 2. The van der Waals surface area contributed by atoms with Crippen LogP contribution in [0.4, 0.5) is 5.69 Å². The van der Waals surface area contributed by atoms with Crippen molar-refractivity contribution in [2.24, 2.45) is 5.41 Å². The Bertz CT molecular complexity index is 1060. The van der Waals surface area contributed by atoms with Gasteiger partial charge in [-0.05, 0) is 48.1 Å². The quantitative estimate of drug-likeness (QED) is 0.753. The molecule has 6 nitrogen and oxygen atoms in total. The largest absolute Gasteiger partial charge is 0.372 e. The molecule has 0 radical (unpaired) electrons. The van der Waals surface area contributed by atoms with Gasteiger partial charge in [-0.15, -0.1) is 0 Å². The van der Waals surface area contributed by atoms with Crippen molar-refractivity contribution in [3.63, 3.8) is 0 Å². The molecule has 0 saturated carbocycles. The Labute approximate surface area is 190 Å². The fraction of sp³-hybridized carbons (Fsp3) is 0.462. The second kappa shape index (κ2) is 8.24. The number of anilines is 1. The number of aliphatic hydroxyl groups excluding tert-OH is 1. The van der Waals surface area contributed by atoms with Crippen molar-refractivity contribution < 1.29 is 14.7 Å². The van der Waals surface area contributed by atoms with Gasteiger partial charge in [0.05, 0.1) is 11.6 Å². The summed E-state index contributed by atoms with van der Waals surface area (Å²) in [7, 11) is 0. The first-order valence-corrected chi connectivity index (χ1v) is 11.3. The van der Waals surface area contributed by atoms with Crippen molar-refractivity contribution in [3.8, 4) is 11.1 Å². The van der Waals surface area contributed by atoms with Gasteiger partial charge in [-0.3, -0.25) is 9.59 Å². The van der Waals surface area contributed by atoms with Gasteiger partial charge < -0.3 is 20.2 Å². The summed E-state index contributed by atoms with van der Waals surface area (Å²) in [4.78, 5) is 29.8. The molecule has 2 aliphatic rings. The van der Waals surface area contributed by atoms with Crippen molar-refractivity contribution in [1.29, 1.82) is 0 Å². The van der Waals surface area contributed by atoms with E-state index in [0.717, 1.165) is 16.7 Å². The van der Waals surface area contributed by atoms with E-state index in [1.54, 1.807) is 9.80 Å².